The lowest BCUT2D eigenvalue weighted by Gasteiger charge is -2.20. The number of ether oxygens (including phenoxy) is 1. The first-order chi connectivity index (χ1) is 12.0. The van der Waals surface area contributed by atoms with Gasteiger partial charge < -0.3 is 20.3 Å². The molecule has 0 radical (unpaired) electrons. The summed E-state index contributed by atoms with van der Waals surface area (Å²) in [6.45, 7) is 7.27. The number of benzene rings is 1. The van der Waals surface area contributed by atoms with Crippen LogP contribution < -0.4 is 15.4 Å². The monoisotopic (exact) mass is 368 g/mol. The highest BCUT2D eigenvalue weighted by molar-refractivity contribution is 6.31. The minimum atomic E-state index is 0.604. The Labute approximate surface area is 157 Å². The van der Waals surface area contributed by atoms with Crippen LogP contribution in [-0.2, 0) is 6.42 Å². The second kappa shape index (κ2) is 12.0. The fraction of sp³-hybridized carbons (Fsp3) is 0.632. The normalized spacial score (nSPS) is 11.9. The minimum Gasteiger partial charge on any atom is -0.497 e. The van der Waals surface area contributed by atoms with E-state index in [2.05, 4.69) is 41.4 Å². The summed E-state index contributed by atoms with van der Waals surface area (Å²) in [5, 5.41) is 7.42. The maximum Gasteiger partial charge on any atom is 0.190 e. The molecule has 142 valence electrons. The zero-order valence-electron chi connectivity index (χ0n) is 16.2. The third-order valence-corrected chi connectivity index (χ3v) is 4.63. The van der Waals surface area contributed by atoms with Crippen LogP contribution in [0.1, 0.15) is 32.3 Å². The lowest BCUT2D eigenvalue weighted by molar-refractivity contribution is 0.268. The molecule has 25 heavy (non-hydrogen) atoms. The van der Waals surface area contributed by atoms with Crippen LogP contribution in [0.15, 0.2) is 23.2 Å². The van der Waals surface area contributed by atoms with E-state index in [4.69, 9.17) is 16.3 Å². The zero-order valence-corrected chi connectivity index (χ0v) is 17.0. The van der Waals surface area contributed by atoms with E-state index in [9.17, 15) is 0 Å². The lowest BCUT2D eigenvalue weighted by atomic mass is 10.1. The van der Waals surface area contributed by atoms with Gasteiger partial charge in [-0.3, -0.25) is 4.99 Å². The fourth-order valence-electron chi connectivity index (χ4n) is 2.35. The number of unbranched alkanes of at least 4 members (excludes halogenated alkanes) is 1. The van der Waals surface area contributed by atoms with Gasteiger partial charge in [-0.15, -0.1) is 0 Å². The number of nitrogens with zero attached hydrogens (tertiary/aromatic N) is 2. The van der Waals surface area contributed by atoms with Crippen LogP contribution in [0.2, 0.25) is 5.02 Å². The fourth-order valence-corrected chi connectivity index (χ4v) is 2.61. The highest BCUT2D eigenvalue weighted by Crippen LogP contribution is 2.22. The van der Waals surface area contributed by atoms with Crippen molar-refractivity contribution in [3.63, 3.8) is 0 Å². The molecule has 0 saturated carbocycles. The summed E-state index contributed by atoms with van der Waals surface area (Å²) in [6.07, 6.45) is 3.14. The quantitative estimate of drug-likeness (QED) is 0.378. The Kier molecular flexibility index (Phi) is 10.3. The van der Waals surface area contributed by atoms with E-state index in [-0.39, 0.29) is 0 Å². The van der Waals surface area contributed by atoms with Crippen molar-refractivity contribution in [1.82, 2.24) is 15.5 Å². The zero-order chi connectivity index (χ0) is 18.7. The Morgan fingerprint density at radius 2 is 1.96 bits per heavy atom. The molecule has 6 heteroatoms. The van der Waals surface area contributed by atoms with Crippen molar-refractivity contribution in [3.8, 4) is 5.75 Å². The van der Waals surface area contributed by atoms with Gasteiger partial charge in [0.05, 0.1) is 7.11 Å². The second-order valence-corrected chi connectivity index (χ2v) is 6.82. The van der Waals surface area contributed by atoms with Crippen LogP contribution in [0.3, 0.4) is 0 Å². The highest BCUT2D eigenvalue weighted by Gasteiger charge is 2.04. The predicted octanol–water partition coefficient (Wildman–Crippen LogP) is 3.18. The first kappa shape index (κ1) is 21.6. The maximum absolute atomic E-state index is 6.27. The molecule has 0 amide bonds. The summed E-state index contributed by atoms with van der Waals surface area (Å²) in [7, 11) is 5.61. The van der Waals surface area contributed by atoms with Gasteiger partial charge >= 0.3 is 0 Å². The number of aliphatic imine (C=N–C) groups is 1. The van der Waals surface area contributed by atoms with Crippen LogP contribution in [0.25, 0.3) is 0 Å². The predicted molar refractivity (Wildman–Crippen MR) is 108 cm³/mol. The molecule has 0 saturated heterocycles. The smallest absolute Gasteiger partial charge is 0.190 e. The summed E-state index contributed by atoms with van der Waals surface area (Å²) in [5.74, 6) is 1.61. The molecular formula is C19H33ClN4O. The van der Waals surface area contributed by atoms with Crippen molar-refractivity contribution in [2.45, 2.75) is 39.2 Å². The molecule has 0 aliphatic rings. The molecule has 0 atom stereocenters. The van der Waals surface area contributed by atoms with Crippen LogP contribution in [-0.4, -0.2) is 57.7 Å². The van der Waals surface area contributed by atoms with E-state index in [1.54, 1.807) is 14.2 Å². The van der Waals surface area contributed by atoms with Crippen LogP contribution in [0, 0.1) is 0 Å². The third kappa shape index (κ3) is 8.45. The Morgan fingerprint density at radius 1 is 1.24 bits per heavy atom. The average molecular weight is 369 g/mol. The van der Waals surface area contributed by atoms with Crippen molar-refractivity contribution in [1.29, 1.82) is 0 Å². The molecule has 0 aliphatic heterocycles. The first-order valence-electron chi connectivity index (χ1n) is 8.95. The molecule has 2 N–H and O–H groups in total. The SMILES string of the molecule is CN=C(NCCCCN(C)C(C)C)NCCc1ccc(OC)cc1Cl. The molecule has 1 aromatic carbocycles. The standard InChI is InChI=1S/C19H33ClN4O/c1-15(2)24(4)13-7-6-11-22-19(21-3)23-12-10-16-8-9-17(25-5)14-18(16)20/h8-9,14-15H,6-7,10-13H2,1-5H3,(H2,21,22,23). The summed E-state index contributed by atoms with van der Waals surface area (Å²) in [6, 6.07) is 6.39. The molecule has 0 bridgehead atoms. The molecule has 5 nitrogen and oxygen atoms in total. The van der Waals surface area contributed by atoms with Crippen LogP contribution in [0.4, 0.5) is 0 Å². The summed E-state index contributed by atoms with van der Waals surface area (Å²) < 4.78 is 5.17. The van der Waals surface area contributed by atoms with Gasteiger partial charge in [-0.1, -0.05) is 17.7 Å². The maximum atomic E-state index is 6.27. The van der Waals surface area contributed by atoms with Crippen molar-refractivity contribution < 1.29 is 4.74 Å². The van der Waals surface area contributed by atoms with E-state index in [1.165, 1.54) is 6.42 Å². The summed E-state index contributed by atoms with van der Waals surface area (Å²) >= 11 is 6.27. The first-order valence-corrected chi connectivity index (χ1v) is 9.33. The van der Waals surface area contributed by atoms with Gasteiger partial charge in [-0.2, -0.15) is 0 Å². The number of hydrogen-bond donors (Lipinski definition) is 2. The number of methoxy groups -OCH3 is 1. The molecule has 1 rings (SSSR count). The van der Waals surface area contributed by atoms with Gasteiger partial charge in [0.1, 0.15) is 5.75 Å². The molecule has 0 heterocycles. The van der Waals surface area contributed by atoms with Crippen LogP contribution >= 0.6 is 11.6 Å². The number of rotatable bonds is 10. The summed E-state index contributed by atoms with van der Waals surface area (Å²) in [5.41, 5.74) is 1.10. The Hall–Kier alpha value is -1.46. The van der Waals surface area contributed by atoms with Gasteiger partial charge in [-0.05, 0) is 64.4 Å². The Balaban J connectivity index is 2.24. The number of guanidine groups is 1. The van der Waals surface area contributed by atoms with Crippen molar-refractivity contribution >= 4 is 17.6 Å². The largest absolute Gasteiger partial charge is 0.497 e. The van der Waals surface area contributed by atoms with Gasteiger partial charge in [0, 0.05) is 31.2 Å². The Morgan fingerprint density at radius 3 is 2.56 bits per heavy atom. The van der Waals surface area contributed by atoms with Crippen molar-refractivity contribution in [3.05, 3.63) is 28.8 Å². The Bertz CT molecular complexity index is 534. The molecule has 0 aliphatic carbocycles. The van der Waals surface area contributed by atoms with Gasteiger partial charge in [0.2, 0.25) is 0 Å². The number of hydrogen-bond acceptors (Lipinski definition) is 3. The molecule has 0 aromatic heterocycles. The van der Waals surface area contributed by atoms with Gasteiger partial charge in [-0.25, -0.2) is 0 Å². The van der Waals surface area contributed by atoms with E-state index < -0.39 is 0 Å². The third-order valence-electron chi connectivity index (χ3n) is 4.28. The summed E-state index contributed by atoms with van der Waals surface area (Å²) in [4.78, 5) is 6.63. The molecule has 0 spiro atoms. The van der Waals surface area contributed by atoms with Crippen molar-refractivity contribution in [2.24, 2.45) is 4.99 Å². The van der Waals surface area contributed by atoms with E-state index >= 15 is 0 Å². The molecule has 0 unspecified atom stereocenters. The molecule has 0 fully saturated rings. The topological polar surface area (TPSA) is 48.9 Å². The van der Waals surface area contributed by atoms with E-state index in [0.717, 1.165) is 54.8 Å². The minimum absolute atomic E-state index is 0.604. The van der Waals surface area contributed by atoms with Gasteiger partial charge in [0.25, 0.3) is 0 Å². The van der Waals surface area contributed by atoms with Gasteiger partial charge in [0.15, 0.2) is 5.96 Å². The van der Waals surface area contributed by atoms with E-state index in [1.807, 2.05) is 18.2 Å². The number of halogens is 1. The average Bonchev–Trinajstić information content (AvgIpc) is 2.60. The molecular weight excluding hydrogens is 336 g/mol. The van der Waals surface area contributed by atoms with Crippen molar-refractivity contribution in [2.75, 3.05) is 40.8 Å². The van der Waals surface area contributed by atoms with E-state index in [0.29, 0.717) is 6.04 Å². The highest BCUT2D eigenvalue weighted by atomic mass is 35.5. The number of nitrogens with one attached hydrogen (secondary N) is 2. The van der Waals surface area contributed by atoms with Crippen LogP contribution in [0.5, 0.6) is 5.75 Å². The second-order valence-electron chi connectivity index (χ2n) is 6.41. The molecule has 1 aromatic rings. The lowest BCUT2D eigenvalue weighted by Crippen LogP contribution is -2.39.